The summed E-state index contributed by atoms with van der Waals surface area (Å²) in [6.45, 7) is 5.54. The van der Waals surface area contributed by atoms with Crippen LogP contribution in [0, 0.1) is 17.8 Å². The number of ether oxygens (including phenoxy) is 2. The van der Waals surface area contributed by atoms with E-state index in [1.165, 1.54) is 7.11 Å². The van der Waals surface area contributed by atoms with Gasteiger partial charge in [-0.25, -0.2) is 0 Å². The Bertz CT molecular complexity index is 579. The van der Waals surface area contributed by atoms with Crippen molar-refractivity contribution in [2.24, 2.45) is 17.8 Å². The molecular formula is C20H31NO6. The van der Waals surface area contributed by atoms with E-state index >= 15 is 0 Å². The molecule has 0 spiro atoms. The quantitative estimate of drug-likeness (QED) is 0.227. The van der Waals surface area contributed by atoms with Crippen LogP contribution in [0.2, 0.25) is 0 Å². The molecule has 1 aliphatic heterocycles. The Kier molecular flexibility index (Phi) is 8.44. The van der Waals surface area contributed by atoms with Crippen molar-refractivity contribution in [3.8, 4) is 0 Å². The molecule has 0 radical (unpaired) electrons. The summed E-state index contributed by atoms with van der Waals surface area (Å²) in [6.07, 6.45) is 3.87. The highest BCUT2D eigenvalue weighted by molar-refractivity contribution is 6.27. The van der Waals surface area contributed by atoms with E-state index < -0.39 is 17.7 Å². The summed E-state index contributed by atoms with van der Waals surface area (Å²) in [7, 11) is 1.28. The number of ketones is 2. The molecule has 2 atom stereocenters. The van der Waals surface area contributed by atoms with Crippen molar-refractivity contribution in [1.82, 2.24) is 5.48 Å². The van der Waals surface area contributed by atoms with Crippen LogP contribution in [0.15, 0.2) is 11.3 Å². The molecule has 27 heavy (non-hydrogen) atoms. The Hall–Kier alpha value is -1.73. The molecule has 0 amide bonds. The van der Waals surface area contributed by atoms with Crippen molar-refractivity contribution in [1.29, 1.82) is 0 Å². The van der Waals surface area contributed by atoms with Crippen LogP contribution in [0.5, 0.6) is 0 Å². The molecule has 2 aliphatic rings. The number of nitrogens with one attached hydrogen (secondary N) is 1. The van der Waals surface area contributed by atoms with Crippen LogP contribution in [0.1, 0.15) is 52.4 Å². The third kappa shape index (κ3) is 5.39. The Morgan fingerprint density at radius 1 is 1.22 bits per heavy atom. The van der Waals surface area contributed by atoms with Crippen molar-refractivity contribution in [3.05, 3.63) is 11.3 Å². The van der Waals surface area contributed by atoms with E-state index in [9.17, 15) is 14.4 Å². The topological polar surface area (TPSA) is 90.9 Å². The Morgan fingerprint density at radius 3 is 2.52 bits per heavy atom. The van der Waals surface area contributed by atoms with Gasteiger partial charge in [0.2, 0.25) is 0 Å². The minimum absolute atomic E-state index is 0.0731. The van der Waals surface area contributed by atoms with Gasteiger partial charge in [-0.15, -0.1) is 0 Å². The zero-order valence-electron chi connectivity index (χ0n) is 16.5. The van der Waals surface area contributed by atoms with Crippen LogP contribution < -0.4 is 5.48 Å². The summed E-state index contributed by atoms with van der Waals surface area (Å²) in [4.78, 5) is 43.7. The molecule has 152 valence electrons. The number of hydroxylamine groups is 1. The Morgan fingerprint density at radius 2 is 1.93 bits per heavy atom. The summed E-state index contributed by atoms with van der Waals surface area (Å²) in [5.41, 5.74) is 3.28. The molecule has 7 heteroatoms. The maximum absolute atomic E-state index is 13.2. The lowest BCUT2D eigenvalue weighted by atomic mass is 9.70. The average molecular weight is 381 g/mol. The lowest BCUT2D eigenvalue weighted by Crippen LogP contribution is -2.43. The number of rotatable bonds is 8. The largest absolute Gasteiger partial charge is 0.468 e. The molecule has 0 aromatic rings. The van der Waals surface area contributed by atoms with Crippen LogP contribution in [0.3, 0.4) is 0 Å². The van der Waals surface area contributed by atoms with Crippen molar-refractivity contribution >= 4 is 17.5 Å². The summed E-state index contributed by atoms with van der Waals surface area (Å²) in [5, 5.41) is 0. The van der Waals surface area contributed by atoms with E-state index in [4.69, 9.17) is 14.3 Å². The minimum Gasteiger partial charge on any atom is -0.468 e. The monoisotopic (exact) mass is 381 g/mol. The molecule has 1 heterocycles. The molecule has 2 unspecified atom stereocenters. The first-order valence-electron chi connectivity index (χ1n) is 9.87. The van der Waals surface area contributed by atoms with Crippen LogP contribution in [0.25, 0.3) is 0 Å². The van der Waals surface area contributed by atoms with Gasteiger partial charge in [0, 0.05) is 19.6 Å². The van der Waals surface area contributed by atoms with Crippen LogP contribution in [-0.2, 0) is 28.7 Å². The van der Waals surface area contributed by atoms with Gasteiger partial charge in [-0.2, -0.15) is 0 Å². The normalized spacial score (nSPS) is 26.0. The maximum Gasteiger partial charge on any atom is 0.316 e. The molecule has 2 fully saturated rings. The van der Waals surface area contributed by atoms with E-state index in [0.29, 0.717) is 44.3 Å². The fourth-order valence-electron chi connectivity index (χ4n) is 3.97. The second-order valence-electron chi connectivity index (χ2n) is 7.18. The second kappa shape index (κ2) is 10.6. The number of hydrogen-bond acceptors (Lipinski definition) is 7. The van der Waals surface area contributed by atoms with Crippen molar-refractivity contribution < 1.29 is 28.7 Å². The molecule has 1 N–H and O–H groups in total. The molecule has 1 saturated heterocycles. The lowest BCUT2D eigenvalue weighted by Gasteiger charge is -2.33. The van der Waals surface area contributed by atoms with Gasteiger partial charge in [0.25, 0.3) is 0 Å². The zero-order chi connectivity index (χ0) is 19.8. The summed E-state index contributed by atoms with van der Waals surface area (Å²) >= 11 is 0. The standard InChI is InChI=1S/C20H31NO6/c1-4-6-15(21-27-5-2)18-16(22)12-14(11-13-7-9-26-10-8-13)17(19(18)23)20(24)25-3/h13-14,17,21H,4-12H2,1-3H3. The van der Waals surface area contributed by atoms with E-state index in [-0.39, 0.29) is 23.7 Å². The Balaban J connectivity index is 2.30. The number of carbonyl (C=O) groups is 3. The molecule has 7 nitrogen and oxygen atoms in total. The van der Waals surface area contributed by atoms with Crippen molar-refractivity contribution in [3.63, 3.8) is 0 Å². The molecule has 2 rings (SSSR count). The number of allylic oxidation sites excluding steroid dienone is 2. The molecular weight excluding hydrogens is 350 g/mol. The van der Waals surface area contributed by atoms with Gasteiger partial charge < -0.3 is 9.47 Å². The first kappa shape index (κ1) is 21.6. The summed E-state index contributed by atoms with van der Waals surface area (Å²) < 4.78 is 10.3. The lowest BCUT2D eigenvalue weighted by molar-refractivity contribution is -0.153. The number of esters is 1. The third-order valence-corrected chi connectivity index (χ3v) is 5.30. The van der Waals surface area contributed by atoms with Crippen LogP contribution >= 0.6 is 0 Å². The fourth-order valence-corrected chi connectivity index (χ4v) is 3.97. The highest BCUT2D eigenvalue weighted by Crippen LogP contribution is 2.37. The number of hydrogen-bond donors (Lipinski definition) is 1. The molecule has 0 aromatic carbocycles. The van der Waals surface area contributed by atoms with E-state index in [0.717, 1.165) is 19.3 Å². The molecule has 1 aliphatic carbocycles. The van der Waals surface area contributed by atoms with E-state index in [1.54, 1.807) is 0 Å². The number of methoxy groups -OCH3 is 1. The second-order valence-corrected chi connectivity index (χ2v) is 7.18. The first-order chi connectivity index (χ1) is 13.0. The van der Waals surface area contributed by atoms with Gasteiger partial charge in [-0.1, -0.05) is 13.3 Å². The number of Topliss-reactive ketones (excluding diaryl/α,β-unsaturated/α-hetero) is 2. The fraction of sp³-hybridized carbons (Fsp3) is 0.750. The highest BCUT2D eigenvalue weighted by atomic mass is 16.6. The van der Waals surface area contributed by atoms with Gasteiger partial charge in [-0.05, 0) is 44.4 Å². The predicted molar refractivity (Wildman–Crippen MR) is 98.5 cm³/mol. The highest BCUT2D eigenvalue weighted by Gasteiger charge is 2.46. The summed E-state index contributed by atoms with van der Waals surface area (Å²) in [6, 6.07) is 0. The predicted octanol–water partition coefficient (Wildman–Crippen LogP) is 2.35. The third-order valence-electron chi connectivity index (χ3n) is 5.30. The smallest absolute Gasteiger partial charge is 0.316 e. The van der Waals surface area contributed by atoms with Gasteiger partial charge in [0.15, 0.2) is 11.6 Å². The van der Waals surface area contributed by atoms with Gasteiger partial charge in [-0.3, -0.25) is 24.7 Å². The minimum atomic E-state index is -0.930. The Labute approximate surface area is 160 Å². The molecule has 0 bridgehead atoms. The van der Waals surface area contributed by atoms with E-state index in [1.807, 2.05) is 13.8 Å². The average Bonchev–Trinajstić information content (AvgIpc) is 2.66. The van der Waals surface area contributed by atoms with E-state index in [2.05, 4.69) is 5.48 Å². The van der Waals surface area contributed by atoms with Crippen molar-refractivity contribution in [2.45, 2.75) is 52.4 Å². The SMILES string of the molecule is CCCC(NOCC)=C1C(=O)CC(CC2CCOCC2)C(C(=O)OC)C1=O. The van der Waals surface area contributed by atoms with Gasteiger partial charge in [0.05, 0.1) is 25.0 Å². The van der Waals surface area contributed by atoms with Gasteiger partial charge in [0.1, 0.15) is 5.92 Å². The zero-order valence-corrected chi connectivity index (χ0v) is 16.5. The first-order valence-corrected chi connectivity index (χ1v) is 9.87. The molecule has 0 aromatic heterocycles. The van der Waals surface area contributed by atoms with Crippen molar-refractivity contribution in [2.75, 3.05) is 26.9 Å². The summed E-state index contributed by atoms with van der Waals surface area (Å²) in [5.74, 6) is -2.10. The van der Waals surface area contributed by atoms with Gasteiger partial charge >= 0.3 is 5.97 Å². The van der Waals surface area contributed by atoms with Crippen LogP contribution in [0.4, 0.5) is 0 Å². The number of carbonyl (C=O) groups excluding carboxylic acids is 3. The molecule has 1 saturated carbocycles. The van der Waals surface area contributed by atoms with Crippen LogP contribution in [-0.4, -0.2) is 44.5 Å². The maximum atomic E-state index is 13.2.